The fraction of sp³-hybridized carbons (Fsp3) is 0.917. The largest absolute Gasteiger partial charge is 0.340 e. The Labute approximate surface area is 93.0 Å². The molecule has 2 atom stereocenters. The van der Waals surface area contributed by atoms with Crippen LogP contribution in [0.4, 0.5) is 0 Å². The number of nitrogens with two attached hydrogens (primary N) is 1. The third-order valence-corrected chi connectivity index (χ3v) is 3.27. The van der Waals surface area contributed by atoms with Gasteiger partial charge in [0, 0.05) is 19.0 Å². The fourth-order valence-corrected chi connectivity index (χ4v) is 2.27. The van der Waals surface area contributed by atoms with Crippen molar-refractivity contribution in [2.75, 3.05) is 13.1 Å². The van der Waals surface area contributed by atoms with Crippen molar-refractivity contribution in [2.24, 2.45) is 11.7 Å². The van der Waals surface area contributed by atoms with Gasteiger partial charge in [0.05, 0.1) is 0 Å². The molecule has 0 aromatic rings. The van der Waals surface area contributed by atoms with Crippen LogP contribution in [0.3, 0.4) is 0 Å². The van der Waals surface area contributed by atoms with Gasteiger partial charge in [-0.25, -0.2) is 0 Å². The summed E-state index contributed by atoms with van der Waals surface area (Å²) in [6.45, 7) is 5.95. The first-order chi connectivity index (χ1) is 7.15. The molecule has 1 heterocycles. The normalized spacial score (nSPS) is 27.5. The van der Waals surface area contributed by atoms with Gasteiger partial charge in [0.1, 0.15) is 0 Å². The molecule has 1 saturated heterocycles. The molecule has 0 bridgehead atoms. The van der Waals surface area contributed by atoms with Gasteiger partial charge in [-0.05, 0) is 38.6 Å². The molecule has 1 fully saturated rings. The second-order valence-corrected chi connectivity index (χ2v) is 4.82. The summed E-state index contributed by atoms with van der Waals surface area (Å²) in [6, 6.07) is 0.417. The lowest BCUT2D eigenvalue weighted by molar-refractivity contribution is -0.133. The summed E-state index contributed by atoms with van der Waals surface area (Å²) in [5, 5.41) is 0. The first kappa shape index (κ1) is 12.5. The first-order valence-corrected chi connectivity index (χ1v) is 6.14. The highest BCUT2D eigenvalue weighted by molar-refractivity contribution is 5.76. The van der Waals surface area contributed by atoms with Gasteiger partial charge in [0.2, 0.25) is 5.91 Å². The first-order valence-electron chi connectivity index (χ1n) is 6.14. The monoisotopic (exact) mass is 212 g/mol. The Morgan fingerprint density at radius 1 is 1.40 bits per heavy atom. The summed E-state index contributed by atoms with van der Waals surface area (Å²) in [4.78, 5) is 14.0. The molecule has 3 nitrogen and oxygen atoms in total. The number of carbonyl (C=O) groups is 1. The highest BCUT2D eigenvalue weighted by Gasteiger charge is 2.24. The molecule has 0 saturated carbocycles. The van der Waals surface area contributed by atoms with Crippen LogP contribution in [0.2, 0.25) is 0 Å². The van der Waals surface area contributed by atoms with Crippen molar-refractivity contribution < 1.29 is 4.79 Å². The summed E-state index contributed by atoms with van der Waals surface area (Å²) in [7, 11) is 0. The topological polar surface area (TPSA) is 46.3 Å². The van der Waals surface area contributed by atoms with E-state index in [1.54, 1.807) is 0 Å². The highest BCUT2D eigenvalue weighted by atomic mass is 16.2. The third-order valence-electron chi connectivity index (χ3n) is 3.27. The lowest BCUT2D eigenvalue weighted by atomic mass is 10.1. The van der Waals surface area contributed by atoms with E-state index < -0.39 is 0 Å². The predicted octanol–water partition coefficient (Wildman–Crippen LogP) is 1.76. The fourth-order valence-electron chi connectivity index (χ4n) is 2.27. The molecule has 2 unspecified atom stereocenters. The second-order valence-electron chi connectivity index (χ2n) is 4.82. The maximum Gasteiger partial charge on any atom is 0.222 e. The van der Waals surface area contributed by atoms with Crippen molar-refractivity contribution in [3.05, 3.63) is 0 Å². The Kier molecular flexibility index (Phi) is 5.09. The van der Waals surface area contributed by atoms with Crippen molar-refractivity contribution in [1.82, 2.24) is 4.90 Å². The summed E-state index contributed by atoms with van der Waals surface area (Å²) < 4.78 is 0. The van der Waals surface area contributed by atoms with E-state index in [-0.39, 0.29) is 0 Å². The average molecular weight is 212 g/mol. The van der Waals surface area contributed by atoms with Crippen LogP contribution < -0.4 is 5.73 Å². The standard InChI is InChI=1S/C12H24N2O/c1-10-5-3-6-11(2)14(9-10)12(15)7-4-8-13/h10-11H,3-9,13H2,1-2H3. The number of amides is 1. The van der Waals surface area contributed by atoms with Gasteiger partial charge in [-0.1, -0.05) is 13.3 Å². The molecule has 0 aromatic heterocycles. The molecular weight excluding hydrogens is 188 g/mol. The van der Waals surface area contributed by atoms with Gasteiger partial charge in [-0.3, -0.25) is 4.79 Å². The number of hydrogen-bond donors (Lipinski definition) is 1. The number of likely N-dealkylation sites (tertiary alicyclic amines) is 1. The minimum absolute atomic E-state index is 0.293. The van der Waals surface area contributed by atoms with Gasteiger partial charge in [0.15, 0.2) is 0 Å². The zero-order valence-corrected chi connectivity index (χ0v) is 10.0. The molecule has 1 aliphatic rings. The van der Waals surface area contributed by atoms with Gasteiger partial charge in [-0.2, -0.15) is 0 Å². The van der Waals surface area contributed by atoms with E-state index in [9.17, 15) is 4.79 Å². The van der Waals surface area contributed by atoms with Gasteiger partial charge >= 0.3 is 0 Å². The van der Waals surface area contributed by atoms with Crippen LogP contribution in [0.15, 0.2) is 0 Å². The summed E-state index contributed by atoms with van der Waals surface area (Å²) in [5.74, 6) is 0.943. The maximum atomic E-state index is 11.9. The lowest BCUT2D eigenvalue weighted by Gasteiger charge is -2.28. The van der Waals surface area contributed by atoms with Crippen molar-refractivity contribution >= 4 is 5.91 Å². The van der Waals surface area contributed by atoms with Crippen molar-refractivity contribution in [1.29, 1.82) is 0 Å². The van der Waals surface area contributed by atoms with E-state index in [2.05, 4.69) is 18.7 Å². The molecule has 15 heavy (non-hydrogen) atoms. The Morgan fingerprint density at radius 3 is 2.80 bits per heavy atom. The van der Waals surface area contributed by atoms with Crippen LogP contribution in [0.5, 0.6) is 0 Å². The second kappa shape index (κ2) is 6.11. The zero-order valence-electron chi connectivity index (χ0n) is 10.0. The lowest BCUT2D eigenvalue weighted by Crippen LogP contribution is -2.39. The van der Waals surface area contributed by atoms with Gasteiger partial charge < -0.3 is 10.6 Å². The molecule has 1 rings (SSSR count). The number of carbonyl (C=O) groups excluding carboxylic acids is 1. The quantitative estimate of drug-likeness (QED) is 0.775. The Morgan fingerprint density at radius 2 is 2.13 bits per heavy atom. The van der Waals surface area contributed by atoms with Crippen LogP contribution in [0.1, 0.15) is 46.0 Å². The van der Waals surface area contributed by atoms with Crippen LogP contribution in [0, 0.1) is 5.92 Å². The summed E-state index contributed by atoms with van der Waals surface area (Å²) in [5.41, 5.74) is 5.43. The van der Waals surface area contributed by atoms with Crippen molar-refractivity contribution in [3.63, 3.8) is 0 Å². The molecule has 0 radical (unpaired) electrons. The Hall–Kier alpha value is -0.570. The third kappa shape index (κ3) is 3.82. The molecule has 1 amide bonds. The molecule has 1 aliphatic heterocycles. The average Bonchev–Trinajstić information content (AvgIpc) is 2.37. The Bertz CT molecular complexity index is 206. The SMILES string of the molecule is CC1CCCC(C)N(C(=O)CCCN)C1. The van der Waals surface area contributed by atoms with Crippen LogP contribution in [0.25, 0.3) is 0 Å². The van der Waals surface area contributed by atoms with Crippen molar-refractivity contribution in [2.45, 2.75) is 52.0 Å². The predicted molar refractivity (Wildman–Crippen MR) is 62.5 cm³/mol. The van der Waals surface area contributed by atoms with E-state index >= 15 is 0 Å². The number of rotatable bonds is 3. The molecule has 0 aliphatic carbocycles. The Balaban J connectivity index is 2.51. The van der Waals surface area contributed by atoms with E-state index in [1.807, 2.05) is 0 Å². The van der Waals surface area contributed by atoms with Crippen molar-refractivity contribution in [3.8, 4) is 0 Å². The number of hydrogen-bond acceptors (Lipinski definition) is 2. The molecule has 0 spiro atoms. The van der Waals surface area contributed by atoms with E-state index in [0.717, 1.165) is 19.4 Å². The molecular formula is C12H24N2O. The van der Waals surface area contributed by atoms with Crippen LogP contribution in [-0.4, -0.2) is 29.9 Å². The highest BCUT2D eigenvalue weighted by Crippen LogP contribution is 2.21. The minimum atomic E-state index is 0.293. The number of nitrogens with zero attached hydrogens (tertiary/aromatic N) is 1. The van der Waals surface area contributed by atoms with Crippen LogP contribution in [-0.2, 0) is 4.79 Å². The molecule has 88 valence electrons. The molecule has 2 N–H and O–H groups in total. The molecule has 3 heteroatoms. The molecule has 0 aromatic carbocycles. The minimum Gasteiger partial charge on any atom is -0.340 e. The maximum absolute atomic E-state index is 11.9. The zero-order chi connectivity index (χ0) is 11.3. The summed E-state index contributed by atoms with van der Waals surface area (Å²) in [6.07, 6.45) is 5.09. The van der Waals surface area contributed by atoms with E-state index in [4.69, 9.17) is 5.73 Å². The van der Waals surface area contributed by atoms with Crippen LogP contribution >= 0.6 is 0 Å². The van der Waals surface area contributed by atoms with E-state index in [1.165, 1.54) is 12.8 Å². The summed E-state index contributed by atoms with van der Waals surface area (Å²) >= 11 is 0. The van der Waals surface area contributed by atoms with Gasteiger partial charge in [0.25, 0.3) is 0 Å². The van der Waals surface area contributed by atoms with E-state index in [0.29, 0.717) is 30.8 Å². The van der Waals surface area contributed by atoms with Gasteiger partial charge in [-0.15, -0.1) is 0 Å². The smallest absolute Gasteiger partial charge is 0.222 e.